The van der Waals surface area contributed by atoms with E-state index in [-0.39, 0.29) is 12.1 Å². The molecular formula is C15H19F3N2O. The average molecular weight is 300 g/mol. The first-order valence-electron chi connectivity index (χ1n) is 7.28. The summed E-state index contributed by atoms with van der Waals surface area (Å²) in [5.74, 6) is 0. The van der Waals surface area contributed by atoms with Gasteiger partial charge in [0.1, 0.15) is 5.69 Å². The smallest absolute Gasteiger partial charge is 0.385 e. The van der Waals surface area contributed by atoms with E-state index in [9.17, 15) is 18.3 Å². The number of nitrogens with zero attached hydrogens (tertiary/aromatic N) is 2. The van der Waals surface area contributed by atoms with E-state index >= 15 is 0 Å². The lowest BCUT2D eigenvalue weighted by Gasteiger charge is -2.50. The van der Waals surface area contributed by atoms with E-state index in [1.165, 1.54) is 6.07 Å². The van der Waals surface area contributed by atoms with Crippen molar-refractivity contribution in [2.24, 2.45) is 0 Å². The highest BCUT2D eigenvalue weighted by molar-refractivity contribution is 5.26. The van der Waals surface area contributed by atoms with E-state index in [4.69, 9.17) is 0 Å². The zero-order valence-electron chi connectivity index (χ0n) is 11.9. The van der Waals surface area contributed by atoms with E-state index in [2.05, 4.69) is 9.88 Å². The summed E-state index contributed by atoms with van der Waals surface area (Å²) >= 11 is 0. The normalized spacial score (nSPS) is 34.0. The van der Waals surface area contributed by atoms with Crippen LogP contribution in [0.1, 0.15) is 43.4 Å². The van der Waals surface area contributed by atoms with Crippen molar-refractivity contribution in [1.29, 1.82) is 0 Å². The predicted octanol–water partition coefficient (Wildman–Crippen LogP) is 2.93. The molecule has 2 bridgehead atoms. The fourth-order valence-electron chi connectivity index (χ4n) is 3.76. The van der Waals surface area contributed by atoms with Gasteiger partial charge in [0.2, 0.25) is 0 Å². The summed E-state index contributed by atoms with van der Waals surface area (Å²) in [7, 11) is 2.04. The molecule has 0 amide bonds. The number of fused-ring (bicyclic) bond motifs is 2. The summed E-state index contributed by atoms with van der Waals surface area (Å²) in [5, 5.41) is 10.9. The van der Waals surface area contributed by atoms with Gasteiger partial charge in [-0.2, -0.15) is 13.2 Å². The molecular weight excluding hydrogens is 281 g/mol. The predicted molar refractivity (Wildman–Crippen MR) is 71.6 cm³/mol. The molecule has 3 nitrogen and oxygen atoms in total. The van der Waals surface area contributed by atoms with Crippen LogP contribution in [0.15, 0.2) is 18.3 Å². The van der Waals surface area contributed by atoms with Crippen LogP contribution in [-0.2, 0) is 11.8 Å². The maximum Gasteiger partial charge on any atom is 0.433 e. The molecule has 2 unspecified atom stereocenters. The Bertz CT molecular complexity index is 518. The Morgan fingerprint density at radius 3 is 2.48 bits per heavy atom. The van der Waals surface area contributed by atoms with E-state index in [0.717, 1.165) is 31.5 Å². The summed E-state index contributed by atoms with van der Waals surface area (Å²) < 4.78 is 38.4. The first-order valence-corrected chi connectivity index (χ1v) is 7.28. The van der Waals surface area contributed by atoms with Gasteiger partial charge >= 0.3 is 6.18 Å². The van der Waals surface area contributed by atoms with Crippen molar-refractivity contribution < 1.29 is 18.3 Å². The molecule has 1 aromatic heterocycles. The van der Waals surface area contributed by atoms with Crippen LogP contribution in [0.2, 0.25) is 0 Å². The Morgan fingerprint density at radius 2 is 1.90 bits per heavy atom. The van der Waals surface area contributed by atoms with Gasteiger partial charge in [-0.1, -0.05) is 6.42 Å². The number of aromatic nitrogens is 1. The lowest BCUT2D eigenvalue weighted by Crippen LogP contribution is -2.55. The van der Waals surface area contributed by atoms with E-state index in [0.29, 0.717) is 18.4 Å². The molecule has 0 spiro atoms. The number of alkyl halides is 3. The third-order valence-corrected chi connectivity index (χ3v) is 4.96. The minimum Gasteiger partial charge on any atom is -0.385 e. The van der Waals surface area contributed by atoms with Crippen LogP contribution in [0.3, 0.4) is 0 Å². The molecule has 2 aliphatic heterocycles. The van der Waals surface area contributed by atoms with Crippen molar-refractivity contribution >= 4 is 0 Å². The Balaban J connectivity index is 1.93. The Labute approximate surface area is 121 Å². The first-order chi connectivity index (χ1) is 9.79. The van der Waals surface area contributed by atoms with Crippen molar-refractivity contribution in [2.75, 3.05) is 7.05 Å². The van der Waals surface area contributed by atoms with Crippen LogP contribution in [-0.4, -0.2) is 34.1 Å². The number of hydrogen-bond acceptors (Lipinski definition) is 3. The Kier molecular flexibility index (Phi) is 3.48. The molecule has 2 atom stereocenters. The van der Waals surface area contributed by atoms with E-state index < -0.39 is 17.5 Å². The minimum atomic E-state index is -4.48. The van der Waals surface area contributed by atoms with Crippen LogP contribution in [0.25, 0.3) is 0 Å². The lowest BCUT2D eigenvalue weighted by molar-refractivity contribution is -0.141. The zero-order valence-corrected chi connectivity index (χ0v) is 11.9. The second kappa shape index (κ2) is 4.95. The van der Waals surface area contributed by atoms with Gasteiger partial charge in [0.25, 0.3) is 0 Å². The molecule has 2 aliphatic rings. The summed E-state index contributed by atoms with van der Waals surface area (Å²) in [6, 6.07) is 2.99. The molecule has 3 rings (SSSR count). The first kappa shape index (κ1) is 14.8. The largest absolute Gasteiger partial charge is 0.433 e. The average Bonchev–Trinajstić information content (AvgIpc) is 2.40. The fourth-order valence-corrected chi connectivity index (χ4v) is 3.76. The van der Waals surface area contributed by atoms with Crippen LogP contribution >= 0.6 is 0 Å². The SMILES string of the molecule is CN1C2CCCC1CC(O)(c1ccnc(C(F)(F)F)c1)C2. The highest BCUT2D eigenvalue weighted by Gasteiger charge is 2.45. The van der Waals surface area contributed by atoms with Crippen LogP contribution < -0.4 is 0 Å². The standard InChI is InChI=1S/C15H19F3N2O/c1-20-11-3-2-4-12(20)9-14(21,8-11)10-5-6-19-13(7-10)15(16,17)18/h5-7,11-12,21H,2-4,8-9H2,1H3. The van der Waals surface area contributed by atoms with Gasteiger partial charge in [0.15, 0.2) is 0 Å². The number of aliphatic hydroxyl groups is 1. The molecule has 1 aromatic rings. The monoisotopic (exact) mass is 300 g/mol. The van der Waals surface area contributed by atoms with Gasteiger partial charge in [-0.25, -0.2) is 0 Å². The molecule has 1 N–H and O–H groups in total. The second-order valence-electron chi connectivity index (χ2n) is 6.27. The molecule has 3 heterocycles. The Morgan fingerprint density at radius 1 is 1.29 bits per heavy atom. The fraction of sp³-hybridized carbons (Fsp3) is 0.667. The number of hydrogen-bond donors (Lipinski definition) is 1. The quantitative estimate of drug-likeness (QED) is 0.866. The highest BCUT2D eigenvalue weighted by Crippen LogP contribution is 2.44. The topological polar surface area (TPSA) is 36.4 Å². The van der Waals surface area contributed by atoms with Crippen molar-refractivity contribution in [1.82, 2.24) is 9.88 Å². The molecule has 0 radical (unpaired) electrons. The van der Waals surface area contributed by atoms with Crippen molar-refractivity contribution in [2.45, 2.75) is 56.0 Å². The third-order valence-electron chi connectivity index (χ3n) is 4.96. The minimum absolute atomic E-state index is 0.241. The van der Waals surface area contributed by atoms with Crippen molar-refractivity contribution in [3.8, 4) is 0 Å². The lowest BCUT2D eigenvalue weighted by atomic mass is 9.73. The van der Waals surface area contributed by atoms with E-state index in [1.807, 2.05) is 7.05 Å². The molecule has 0 aliphatic carbocycles. The maximum absolute atomic E-state index is 12.8. The highest BCUT2D eigenvalue weighted by atomic mass is 19.4. The van der Waals surface area contributed by atoms with Crippen LogP contribution in [0.4, 0.5) is 13.2 Å². The van der Waals surface area contributed by atoms with Crippen molar-refractivity contribution in [3.05, 3.63) is 29.6 Å². The van der Waals surface area contributed by atoms with Crippen LogP contribution in [0.5, 0.6) is 0 Å². The summed E-state index contributed by atoms with van der Waals surface area (Å²) in [4.78, 5) is 5.64. The molecule has 21 heavy (non-hydrogen) atoms. The zero-order chi connectivity index (χ0) is 15.3. The van der Waals surface area contributed by atoms with Crippen LogP contribution in [0, 0.1) is 0 Å². The molecule has 2 fully saturated rings. The van der Waals surface area contributed by atoms with Crippen molar-refractivity contribution in [3.63, 3.8) is 0 Å². The molecule has 0 saturated carbocycles. The number of pyridine rings is 1. The molecule has 0 aromatic carbocycles. The van der Waals surface area contributed by atoms with Gasteiger partial charge in [0, 0.05) is 18.3 Å². The maximum atomic E-state index is 12.8. The molecule has 116 valence electrons. The van der Waals surface area contributed by atoms with Gasteiger partial charge in [-0.05, 0) is 50.4 Å². The number of rotatable bonds is 1. The number of piperidine rings is 2. The van der Waals surface area contributed by atoms with Gasteiger partial charge < -0.3 is 10.0 Å². The van der Waals surface area contributed by atoms with Gasteiger partial charge in [-0.15, -0.1) is 0 Å². The Hall–Kier alpha value is -1.14. The third kappa shape index (κ3) is 2.66. The van der Waals surface area contributed by atoms with Gasteiger partial charge in [-0.3, -0.25) is 4.98 Å². The summed E-state index contributed by atoms with van der Waals surface area (Å²) in [5.41, 5.74) is -1.77. The molecule has 2 saturated heterocycles. The van der Waals surface area contributed by atoms with Gasteiger partial charge in [0.05, 0.1) is 5.60 Å². The number of halogens is 3. The van der Waals surface area contributed by atoms with E-state index in [1.54, 1.807) is 0 Å². The molecule has 6 heteroatoms. The second-order valence-corrected chi connectivity index (χ2v) is 6.27. The summed E-state index contributed by atoms with van der Waals surface area (Å²) in [6.07, 6.45) is 0.749. The summed E-state index contributed by atoms with van der Waals surface area (Å²) in [6.45, 7) is 0.